The van der Waals surface area contributed by atoms with Gasteiger partial charge in [-0.05, 0) is 36.7 Å². The summed E-state index contributed by atoms with van der Waals surface area (Å²) in [5, 5.41) is 7.39. The first kappa shape index (κ1) is 21.3. The number of carbonyl (C=O) groups excluding carboxylic acids is 1. The van der Waals surface area contributed by atoms with E-state index in [0.29, 0.717) is 18.4 Å². The number of hydrogen-bond donors (Lipinski definition) is 1. The zero-order valence-electron chi connectivity index (χ0n) is 18.2. The van der Waals surface area contributed by atoms with Crippen LogP contribution in [0.25, 0.3) is 0 Å². The number of aromatic nitrogens is 2. The minimum atomic E-state index is -4.45. The van der Waals surface area contributed by atoms with Crippen molar-refractivity contribution < 1.29 is 18.0 Å². The molecule has 3 aliphatic rings. The van der Waals surface area contributed by atoms with E-state index in [4.69, 9.17) is 0 Å². The van der Waals surface area contributed by atoms with E-state index in [1.807, 2.05) is 35.2 Å². The number of nitrogens with one attached hydrogen (secondary N) is 1. The quantitative estimate of drug-likeness (QED) is 0.655. The zero-order valence-corrected chi connectivity index (χ0v) is 18.2. The summed E-state index contributed by atoms with van der Waals surface area (Å²) in [7, 11) is 0. The molecule has 1 saturated heterocycles. The van der Waals surface area contributed by atoms with Gasteiger partial charge < -0.3 is 10.2 Å². The molecule has 0 spiro atoms. The molecule has 2 aromatic rings. The molecule has 1 N–H and O–H groups in total. The van der Waals surface area contributed by atoms with Crippen LogP contribution in [-0.2, 0) is 0 Å². The highest BCUT2D eigenvalue weighted by Gasteiger charge is 2.47. The van der Waals surface area contributed by atoms with E-state index >= 15 is 0 Å². The number of nitrogens with zero attached hydrogens (tertiary/aromatic N) is 3. The Hall–Kier alpha value is -2.51. The molecule has 5 rings (SSSR count). The molecule has 8 heteroatoms. The molecular weight excluding hydrogens is 417 g/mol. The maximum absolute atomic E-state index is 14.0. The molecule has 172 valence electrons. The Labute approximate surface area is 186 Å². The molecule has 1 aromatic carbocycles. The minimum absolute atomic E-state index is 0.106. The van der Waals surface area contributed by atoms with E-state index in [-0.39, 0.29) is 29.9 Å². The second kappa shape index (κ2) is 8.12. The van der Waals surface area contributed by atoms with Crippen LogP contribution in [0.2, 0.25) is 0 Å². The highest BCUT2D eigenvalue weighted by molar-refractivity contribution is 5.93. The van der Waals surface area contributed by atoms with Crippen LogP contribution >= 0.6 is 0 Å². The summed E-state index contributed by atoms with van der Waals surface area (Å²) in [5.41, 5.74) is 0.895. The summed E-state index contributed by atoms with van der Waals surface area (Å²) in [6.45, 7) is 2.90. The lowest BCUT2D eigenvalue weighted by molar-refractivity contribution is -0.173. The van der Waals surface area contributed by atoms with Crippen molar-refractivity contribution in [3.05, 3.63) is 47.7 Å². The number of alkyl halides is 3. The minimum Gasteiger partial charge on any atom is -0.363 e. The highest BCUT2D eigenvalue weighted by Crippen LogP contribution is 2.44. The van der Waals surface area contributed by atoms with Crippen molar-refractivity contribution in [2.45, 2.75) is 69.8 Å². The third-order valence-corrected chi connectivity index (χ3v) is 7.61. The molecule has 1 aromatic heterocycles. The van der Waals surface area contributed by atoms with E-state index in [1.54, 1.807) is 0 Å². The van der Waals surface area contributed by atoms with E-state index in [9.17, 15) is 18.0 Å². The smallest absolute Gasteiger partial charge is 0.363 e. The van der Waals surface area contributed by atoms with Crippen molar-refractivity contribution in [2.24, 2.45) is 11.8 Å². The number of likely N-dealkylation sites (tertiary alicyclic amines) is 1. The monoisotopic (exact) mass is 446 g/mol. The fourth-order valence-electron chi connectivity index (χ4n) is 5.89. The maximum atomic E-state index is 14.0. The van der Waals surface area contributed by atoms with Crippen LogP contribution in [0.4, 0.5) is 19.0 Å². The lowest BCUT2D eigenvalue weighted by Gasteiger charge is -2.47. The predicted molar refractivity (Wildman–Crippen MR) is 115 cm³/mol. The van der Waals surface area contributed by atoms with Gasteiger partial charge in [0.1, 0.15) is 5.82 Å². The van der Waals surface area contributed by atoms with Gasteiger partial charge >= 0.3 is 6.18 Å². The molecule has 1 amide bonds. The molecule has 0 radical (unpaired) electrons. The van der Waals surface area contributed by atoms with E-state index < -0.39 is 18.3 Å². The normalized spacial score (nSPS) is 30.2. The highest BCUT2D eigenvalue weighted by atomic mass is 19.4. The molecule has 2 fully saturated rings. The second-order valence-electron chi connectivity index (χ2n) is 9.54. The Morgan fingerprint density at radius 3 is 2.62 bits per heavy atom. The van der Waals surface area contributed by atoms with Gasteiger partial charge in [0.25, 0.3) is 5.91 Å². The summed E-state index contributed by atoms with van der Waals surface area (Å²) in [6, 6.07) is 8.53. The number of halogens is 3. The molecule has 32 heavy (non-hydrogen) atoms. The lowest BCUT2D eigenvalue weighted by Crippen LogP contribution is -2.52. The Morgan fingerprint density at radius 2 is 1.88 bits per heavy atom. The van der Waals surface area contributed by atoms with Crippen LogP contribution in [0, 0.1) is 11.8 Å². The standard InChI is InChI=1S/C24H29F3N4O/c1-15-11-12-30(20-10-6-5-9-17(15)20)23(32)19-14-22-28-18(16-7-3-2-4-8-16)13-21(24(25,26)27)31(22)29-19/h2-4,7-8,14-15,17-18,20-21,28H,5-6,9-13H2,1H3/t15-,17+,18-,20+,21+/m1/s1. The summed E-state index contributed by atoms with van der Waals surface area (Å²) < 4.78 is 42.8. The molecule has 5 nitrogen and oxygen atoms in total. The molecular formula is C24H29F3N4O. The number of rotatable bonds is 2. The van der Waals surface area contributed by atoms with E-state index in [0.717, 1.165) is 35.9 Å². The van der Waals surface area contributed by atoms with Gasteiger partial charge in [0.05, 0.1) is 6.04 Å². The summed E-state index contributed by atoms with van der Waals surface area (Å²) in [4.78, 5) is 15.3. The molecule has 0 bridgehead atoms. The van der Waals surface area contributed by atoms with Gasteiger partial charge in [0.2, 0.25) is 0 Å². The van der Waals surface area contributed by atoms with Gasteiger partial charge in [-0.2, -0.15) is 18.3 Å². The van der Waals surface area contributed by atoms with Gasteiger partial charge in [-0.3, -0.25) is 4.79 Å². The molecule has 2 aliphatic heterocycles. The number of amides is 1. The summed E-state index contributed by atoms with van der Waals surface area (Å²) in [5.74, 6) is 1.06. The van der Waals surface area contributed by atoms with Gasteiger partial charge in [-0.25, -0.2) is 4.68 Å². The molecule has 1 aliphatic carbocycles. The summed E-state index contributed by atoms with van der Waals surface area (Å²) >= 11 is 0. The fourth-order valence-corrected chi connectivity index (χ4v) is 5.89. The molecule has 1 saturated carbocycles. The van der Waals surface area contributed by atoms with Gasteiger partial charge in [0, 0.05) is 25.1 Å². The first-order chi connectivity index (χ1) is 15.3. The van der Waals surface area contributed by atoms with E-state index in [1.165, 1.54) is 12.5 Å². The molecule has 0 unspecified atom stereocenters. The SMILES string of the molecule is C[C@@H]1CCN(C(=O)c2cc3n(n2)[C@H](C(F)(F)F)C[C@H](c2ccccc2)N3)[C@H]2CCCC[C@@H]12. The number of piperidine rings is 1. The van der Waals surface area contributed by atoms with Crippen molar-refractivity contribution in [1.29, 1.82) is 0 Å². The van der Waals surface area contributed by atoms with Crippen LogP contribution in [0.3, 0.4) is 0 Å². The van der Waals surface area contributed by atoms with Crippen molar-refractivity contribution >= 4 is 11.7 Å². The van der Waals surface area contributed by atoms with Crippen LogP contribution in [0.15, 0.2) is 36.4 Å². The van der Waals surface area contributed by atoms with Crippen LogP contribution in [0.5, 0.6) is 0 Å². The third kappa shape index (κ3) is 3.77. The Morgan fingerprint density at radius 1 is 1.12 bits per heavy atom. The number of hydrogen-bond acceptors (Lipinski definition) is 3. The van der Waals surface area contributed by atoms with Gasteiger partial charge in [-0.15, -0.1) is 0 Å². The van der Waals surface area contributed by atoms with E-state index in [2.05, 4.69) is 17.3 Å². The average molecular weight is 447 g/mol. The van der Waals surface area contributed by atoms with Gasteiger partial charge in [-0.1, -0.05) is 50.1 Å². The first-order valence-corrected chi connectivity index (χ1v) is 11.6. The number of benzene rings is 1. The Kier molecular flexibility index (Phi) is 5.42. The predicted octanol–water partition coefficient (Wildman–Crippen LogP) is 5.58. The molecule has 5 atom stereocenters. The molecule has 3 heterocycles. The van der Waals surface area contributed by atoms with Crippen LogP contribution < -0.4 is 5.32 Å². The van der Waals surface area contributed by atoms with Gasteiger partial charge in [0.15, 0.2) is 11.7 Å². The first-order valence-electron chi connectivity index (χ1n) is 11.6. The maximum Gasteiger partial charge on any atom is 0.410 e. The largest absolute Gasteiger partial charge is 0.410 e. The summed E-state index contributed by atoms with van der Waals surface area (Å²) in [6.07, 6.45) is 0.671. The van der Waals surface area contributed by atoms with Crippen molar-refractivity contribution in [3.8, 4) is 0 Å². The average Bonchev–Trinajstić information content (AvgIpc) is 3.22. The Bertz CT molecular complexity index is 973. The van der Waals surface area contributed by atoms with Crippen molar-refractivity contribution in [2.75, 3.05) is 11.9 Å². The zero-order chi connectivity index (χ0) is 22.5. The van der Waals surface area contributed by atoms with Crippen LogP contribution in [-0.4, -0.2) is 39.4 Å². The topological polar surface area (TPSA) is 50.2 Å². The number of carbonyl (C=O) groups is 1. The Balaban J connectivity index is 1.45. The number of anilines is 1. The lowest BCUT2D eigenvalue weighted by atomic mass is 9.72. The third-order valence-electron chi connectivity index (χ3n) is 7.61. The van der Waals surface area contributed by atoms with Crippen LogP contribution in [0.1, 0.15) is 73.6 Å². The van der Waals surface area contributed by atoms with Crippen molar-refractivity contribution in [1.82, 2.24) is 14.7 Å². The number of fused-ring (bicyclic) bond motifs is 2. The van der Waals surface area contributed by atoms with Crippen molar-refractivity contribution in [3.63, 3.8) is 0 Å². The fraction of sp³-hybridized carbons (Fsp3) is 0.583. The second-order valence-corrected chi connectivity index (χ2v) is 9.54.